The van der Waals surface area contributed by atoms with E-state index in [9.17, 15) is 9.90 Å². The van der Waals surface area contributed by atoms with Crippen molar-refractivity contribution in [1.29, 1.82) is 0 Å². The van der Waals surface area contributed by atoms with E-state index < -0.39 is 5.97 Å². The summed E-state index contributed by atoms with van der Waals surface area (Å²) in [6, 6.07) is 0. The van der Waals surface area contributed by atoms with Crippen molar-refractivity contribution in [3.05, 3.63) is 11.9 Å². The number of nitrogens with zero attached hydrogens (tertiary/aromatic N) is 3. The van der Waals surface area contributed by atoms with Gasteiger partial charge in [-0.1, -0.05) is 5.21 Å². The van der Waals surface area contributed by atoms with Gasteiger partial charge in [-0.25, -0.2) is 4.68 Å². The zero-order valence-corrected chi connectivity index (χ0v) is 5.60. The molecule has 0 amide bonds. The minimum absolute atomic E-state index is 0.278. The highest BCUT2D eigenvalue weighted by Crippen LogP contribution is 1.93. The van der Waals surface area contributed by atoms with Crippen LogP contribution in [0.3, 0.4) is 0 Å². The van der Waals surface area contributed by atoms with Gasteiger partial charge in [-0.2, -0.15) is 0 Å². The summed E-state index contributed by atoms with van der Waals surface area (Å²) < 4.78 is 1.06. The summed E-state index contributed by atoms with van der Waals surface area (Å²) in [5.74, 6) is -1.26. The van der Waals surface area contributed by atoms with Gasteiger partial charge >= 0.3 is 0 Å². The molecule has 0 spiro atoms. The van der Waals surface area contributed by atoms with Crippen LogP contribution in [-0.4, -0.2) is 26.1 Å². The van der Waals surface area contributed by atoms with E-state index in [1.165, 1.54) is 6.20 Å². The molecule has 0 aromatic carbocycles. The van der Waals surface area contributed by atoms with Crippen LogP contribution in [0.15, 0.2) is 6.20 Å². The van der Waals surface area contributed by atoms with Gasteiger partial charge in [-0.05, 0) is 0 Å². The van der Waals surface area contributed by atoms with Gasteiger partial charge < -0.3 is 15.0 Å². The number of carbonyl (C=O) groups is 1. The highest BCUT2D eigenvalue weighted by molar-refractivity contribution is 5.63. The topological polar surface area (TPSA) is 91.1 Å². The Morgan fingerprint density at radius 3 is 3.09 bits per heavy atom. The molecule has 60 valence electrons. The number of carbonyl (C=O) groups excluding carboxylic acids is 1. The van der Waals surface area contributed by atoms with E-state index in [0.717, 1.165) is 4.68 Å². The normalized spacial score (nSPS) is 9.91. The lowest BCUT2D eigenvalue weighted by Gasteiger charge is -2.03. The Kier molecular flexibility index (Phi) is 2.17. The van der Waals surface area contributed by atoms with E-state index in [-0.39, 0.29) is 13.2 Å². The lowest BCUT2D eigenvalue weighted by Crippen LogP contribution is -2.28. The number of carboxylic acids is 1. The molecular formula is C5H6N3O3-. The molecule has 1 N–H and O–H groups in total. The van der Waals surface area contributed by atoms with E-state index in [2.05, 4.69) is 10.3 Å². The number of carboxylic acid groups (broad SMARTS) is 1. The lowest BCUT2D eigenvalue weighted by molar-refractivity contribution is -0.306. The highest BCUT2D eigenvalue weighted by Gasteiger charge is 2.00. The van der Waals surface area contributed by atoms with Crippen molar-refractivity contribution in [2.45, 2.75) is 13.2 Å². The monoisotopic (exact) mass is 156 g/mol. The molecule has 1 aromatic heterocycles. The average Bonchev–Trinajstić information content (AvgIpc) is 2.34. The summed E-state index contributed by atoms with van der Waals surface area (Å²) in [5.41, 5.74) is 0.356. The maximum absolute atomic E-state index is 10.1. The van der Waals surface area contributed by atoms with Crippen LogP contribution in [0.5, 0.6) is 0 Å². The summed E-state index contributed by atoms with van der Waals surface area (Å²) in [5, 5.41) is 25.5. The molecule has 0 aliphatic heterocycles. The third-order valence-electron chi connectivity index (χ3n) is 1.14. The van der Waals surface area contributed by atoms with Crippen LogP contribution in [0, 0.1) is 0 Å². The summed E-state index contributed by atoms with van der Waals surface area (Å²) >= 11 is 0. The molecule has 0 radical (unpaired) electrons. The van der Waals surface area contributed by atoms with Gasteiger partial charge in [0.15, 0.2) is 0 Å². The van der Waals surface area contributed by atoms with Crippen LogP contribution >= 0.6 is 0 Å². The van der Waals surface area contributed by atoms with E-state index in [1.807, 2.05) is 0 Å². The molecule has 1 aromatic rings. The number of aliphatic hydroxyl groups is 1. The summed E-state index contributed by atoms with van der Waals surface area (Å²) in [6.45, 7) is -0.657. The first-order chi connectivity index (χ1) is 5.24. The first-order valence-corrected chi connectivity index (χ1v) is 2.92. The van der Waals surface area contributed by atoms with Crippen LogP contribution < -0.4 is 5.11 Å². The molecule has 1 rings (SSSR count). The van der Waals surface area contributed by atoms with Crippen molar-refractivity contribution >= 4 is 5.97 Å². The maximum atomic E-state index is 10.1. The zero-order chi connectivity index (χ0) is 8.27. The number of hydrogen-bond donors (Lipinski definition) is 1. The molecule has 1 heterocycles. The standard InChI is InChI=1S/C5H7N3O3/c9-3-4-1-6-7-8(4)2-5(10)11/h1,9H,2-3H2,(H,10,11)/p-1. The predicted molar refractivity (Wildman–Crippen MR) is 31.0 cm³/mol. The fraction of sp³-hybridized carbons (Fsp3) is 0.400. The number of aliphatic hydroxyl groups excluding tert-OH is 1. The first kappa shape index (κ1) is 7.67. The fourth-order valence-corrected chi connectivity index (χ4v) is 0.657. The van der Waals surface area contributed by atoms with Crippen molar-refractivity contribution < 1.29 is 15.0 Å². The van der Waals surface area contributed by atoms with Gasteiger partial charge in [0.05, 0.1) is 31.0 Å². The maximum Gasteiger partial charge on any atom is 0.0866 e. The Balaban J connectivity index is 2.76. The van der Waals surface area contributed by atoms with Gasteiger partial charge in [0.25, 0.3) is 0 Å². The Labute approximate surface area is 62.1 Å². The van der Waals surface area contributed by atoms with E-state index >= 15 is 0 Å². The van der Waals surface area contributed by atoms with Crippen LogP contribution in [0.25, 0.3) is 0 Å². The summed E-state index contributed by atoms with van der Waals surface area (Å²) in [7, 11) is 0. The molecule has 11 heavy (non-hydrogen) atoms. The minimum atomic E-state index is -1.26. The first-order valence-electron chi connectivity index (χ1n) is 2.92. The quantitative estimate of drug-likeness (QED) is 0.523. The summed E-state index contributed by atoms with van der Waals surface area (Å²) in [4.78, 5) is 10.1. The molecule has 0 bridgehead atoms. The Morgan fingerprint density at radius 2 is 2.55 bits per heavy atom. The number of rotatable bonds is 3. The van der Waals surface area contributed by atoms with Crippen LogP contribution in [0.2, 0.25) is 0 Å². The van der Waals surface area contributed by atoms with E-state index in [1.54, 1.807) is 0 Å². The van der Waals surface area contributed by atoms with Crippen molar-refractivity contribution in [3.8, 4) is 0 Å². The van der Waals surface area contributed by atoms with E-state index in [0.29, 0.717) is 5.69 Å². The molecule has 0 unspecified atom stereocenters. The second-order valence-corrected chi connectivity index (χ2v) is 1.91. The smallest absolute Gasteiger partial charge is 0.0866 e. The second-order valence-electron chi connectivity index (χ2n) is 1.91. The van der Waals surface area contributed by atoms with Crippen LogP contribution in [0.1, 0.15) is 5.69 Å². The van der Waals surface area contributed by atoms with Crippen molar-refractivity contribution in [1.82, 2.24) is 15.0 Å². The minimum Gasteiger partial charge on any atom is -0.548 e. The van der Waals surface area contributed by atoms with Gasteiger partial charge in [-0.15, -0.1) is 5.10 Å². The Hall–Kier alpha value is -1.43. The molecule has 0 saturated heterocycles. The molecule has 6 nitrogen and oxygen atoms in total. The third-order valence-corrected chi connectivity index (χ3v) is 1.14. The molecular weight excluding hydrogens is 150 g/mol. The summed E-state index contributed by atoms with van der Waals surface area (Å²) in [6.07, 6.45) is 1.29. The largest absolute Gasteiger partial charge is 0.548 e. The number of hydrogen-bond acceptors (Lipinski definition) is 5. The zero-order valence-electron chi connectivity index (χ0n) is 5.60. The van der Waals surface area contributed by atoms with Gasteiger partial charge in [-0.3, -0.25) is 0 Å². The second kappa shape index (κ2) is 3.11. The molecule has 0 fully saturated rings. The van der Waals surface area contributed by atoms with Crippen LogP contribution in [-0.2, 0) is 17.9 Å². The lowest BCUT2D eigenvalue weighted by atomic mass is 10.5. The third kappa shape index (κ3) is 1.74. The van der Waals surface area contributed by atoms with Crippen LogP contribution in [0.4, 0.5) is 0 Å². The number of aliphatic carboxylic acids is 1. The van der Waals surface area contributed by atoms with Crippen molar-refractivity contribution in [2.75, 3.05) is 0 Å². The predicted octanol–water partition coefficient (Wildman–Crippen LogP) is -2.48. The molecule has 0 aliphatic carbocycles. The fourth-order valence-electron chi connectivity index (χ4n) is 0.657. The van der Waals surface area contributed by atoms with Gasteiger partial charge in [0, 0.05) is 0 Å². The van der Waals surface area contributed by atoms with E-state index in [4.69, 9.17) is 5.11 Å². The van der Waals surface area contributed by atoms with Gasteiger partial charge in [0.1, 0.15) is 0 Å². The Bertz CT molecular complexity index is 257. The Morgan fingerprint density at radius 1 is 1.82 bits per heavy atom. The van der Waals surface area contributed by atoms with Gasteiger partial charge in [0.2, 0.25) is 0 Å². The molecule has 0 atom stereocenters. The molecule has 0 saturated carbocycles. The number of aromatic nitrogens is 3. The van der Waals surface area contributed by atoms with Crippen molar-refractivity contribution in [3.63, 3.8) is 0 Å². The molecule has 6 heteroatoms. The SMILES string of the molecule is O=C([O-])Cn1nncc1CO. The molecule has 0 aliphatic rings. The van der Waals surface area contributed by atoms with Crippen molar-refractivity contribution in [2.24, 2.45) is 0 Å². The highest BCUT2D eigenvalue weighted by atomic mass is 16.4. The average molecular weight is 156 g/mol.